The zero-order chi connectivity index (χ0) is 14.8. The second-order valence-corrected chi connectivity index (χ2v) is 5.94. The highest BCUT2D eigenvalue weighted by molar-refractivity contribution is 6.30. The highest BCUT2D eigenvalue weighted by Crippen LogP contribution is 2.26. The highest BCUT2D eigenvalue weighted by Gasteiger charge is 2.24. The van der Waals surface area contributed by atoms with Crippen molar-refractivity contribution in [3.8, 4) is 0 Å². The summed E-state index contributed by atoms with van der Waals surface area (Å²) in [4.78, 5) is 0. The predicted octanol–water partition coefficient (Wildman–Crippen LogP) is 3.96. The van der Waals surface area contributed by atoms with Gasteiger partial charge in [-0.15, -0.1) is 0 Å². The number of nitrogens with zero attached hydrogens (tertiary/aromatic N) is 2. The van der Waals surface area contributed by atoms with E-state index in [0.717, 1.165) is 17.7 Å². The zero-order valence-corrected chi connectivity index (χ0v) is 12.9. The third kappa shape index (κ3) is 3.41. The molecule has 0 aliphatic carbocycles. The number of rotatable bonds is 5. The monoisotopic (exact) mass is 292 g/mol. The maximum absolute atomic E-state index is 10.6. The smallest absolute Gasteiger partial charge is 0.0924 e. The molecule has 0 saturated heterocycles. The molecule has 0 amide bonds. The van der Waals surface area contributed by atoms with Gasteiger partial charge in [-0.2, -0.15) is 5.10 Å². The van der Waals surface area contributed by atoms with Gasteiger partial charge in [-0.25, -0.2) is 0 Å². The molecule has 2 atom stereocenters. The Balaban J connectivity index is 2.15. The number of benzene rings is 1. The van der Waals surface area contributed by atoms with Crippen molar-refractivity contribution in [1.82, 2.24) is 9.78 Å². The van der Waals surface area contributed by atoms with Crippen molar-refractivity contribution >= 4 is 11.6 Å². The summed E-state index contributed by atoms with van der Waals surface area (Å²) < 4.78 is 1.95. The fraction of sp³-hybridized carbons (Fsp3) is 0.438. The number of hydrogen-bond acceptors (Lipinski definition) is 2. The van der Waals surface area contributed by atoms with Gasteiger partial charge in [-0.1, -0.05) is 30.7 Å². The van der Waals surface area contributed by atoms with Gasteiger partial charge in [0.15, 0.2) is 0 Å². The van der Waals surface area contributed by atoms with Gasteiger partial charge in [0, 0.05) is 23.7 Å². The molecular formula is C16H21ClN2O. The number of aliphatic hydroxyl groups is 1. The Morgan fingerprint density at radius 2 is 1.95 bits per heavy atom. The Bertz CT molecular complexity index is 560. The van der Waals surface area contributed by atoms with Gasteiger partial charge in [-0.05, 0) is 44.0 Å². The molecule has 0 radical (unpaired) electrons. The van der Waals surface area contributed by atoms with Crippen molar-refractivity contribution in [2.24, 2.45) is 0 Å². The normalized spacial score (nSPS) is 15.8. The second-order valence-electron chi connectivity index (χ2n) is 5.50. The minimum Gasteiger partial charge on any atom is -0.385 e. The van der Waals surface area contributed by atoms with Crippen LogP contribution in [-0.4, -0.2) is 14.9 Å². The molecule has 0 aliphatic rings. The maximum atomic E-state index is 10.6. The molecule has 0 bridgehead atoms. The summed E-state index contributed by atoms with van der Waals surface area (Å²) in [6, 6.07) is 9.65. The first kappa shape index (κ1) is 15.1. The summed E-state index contributed by atoms with van der Waals surface area (Å²) in [6.07, 6.45) is 3.49. The number of hydrogen-bond donors (Lipinski definition) is 1. The van der Waals surface area contributed by atoms with Crippen LogP contribution in [0.15, 0.2) is 36.5 Å². The van der Waals surface area contributed by atoms with E-state index in [0.29, 0.717) is 17.5 Å². The average Bonchev–Trinajstić information content (AvgIpc) is 2.86. The molecule has 2 unspecified atom stereocenters. The lowest BCUT2D eigenvalue weighted by Gasteiger charge is -2.23. The van der Waals surface area contributed by atoms with Gasteiger partial charge in [-0.3, -0.25) is 4.68 Å². The topological polar surface area (TPSA) is 38.0 Å². The van der Waals surface area contributed by atoms with Crippen LogP contribution in [0.3, 0.4) is 0 Å². The van der Waals surface area contributed by atoms with Crippen LogP contribution < -0.4 is 0 Å². The summed E-state index contributed by atoms with van der Waals surface area (Å²) in [6.45, 7) is 6.07. The molecule has 1 aromatic carbocycles. The Labute approximate surface area is 125 Å². The molecule has 3 nitrogen and oxygen atoms in total. The van der Waals surface area contributed by atoms with E-state index in [2.05, 4.69) is 18.9 Å². The number of aromatic nitrogens is 2. The molecule has 2 aromatic rings. The van der Waals surface area contributed by atoms with Crippen LogP contribution in [0.1, 0.15) is 44.5 Å². The van der Waals surface area contributed by atoms with Crippen LogP contribution >= 0.6 is 11.6 Å². The molecule has 2 rings (SSSR count). The van der Waals surface area contributed by atoms with E-state index >= 15 is 0 Å². The summed E-state index contributed by atoms with van der Waals surface area (Å²) >= 11 is 5.88. The third-order valence-electron chi connectivity index (χ3n) is 3.70. The molecule has 1 N–H and O–H groups in total. The van der Waals surface area contributed by atoms with Crippen LogP contribution in [0.4, 0.5) is 0 Å². The van der Waals surface area contributed by atoms with Crippen molar-refractivity contribution in [3.05, 3.63) is 52.8 Å². The van der Waals surface area contributed by atoms with Gasteiger partial charge in [0.05, 0.1) is 11.3 Å². The van der Waals surface area contributed by atoms with E-state index in [9.17, 15) is 5.11 Å². The lowest BCUT2D eigenvalue weighted by molar-refractivity contribution is 0.0564. The van der Waals surface area contributed by atoms with Gasteiger partial charge >= 0.3 is 0 Å². The first-order valence-corrected chi connectivity index (χ1v) is 7.32. The maximum Gasteiger partial charge on any atom is 0.0924 e. The molecule has 0 aliphatic heterocycles. The van der Waals surface area contributed by atoms with Crippen LogP contribution in [0.25, 0.3) is 0 Å². The molecule has 108 valence electrons. The van der Waals surface area contributed by atoms with Gasteiger partial charge in [0.25, 0.3) is 0 Å². The first-order valence-electron chi connectivity index (χ1n) is 6.95. The minimum atomic E-state index is -0.945. The van der Waals surface area contributed by atoms with Crippen molar-refractivity contribution in [3.63, 3.8) is 0 Å². The lowest BCUT2D eigenvalue weighted by Crippen LogP contribution is -2.24. The van der Waals surface area contributed by atoms with Crippen molar-refractivity contribution in [2.75, 3.05) is 0 Å². The van der Waals surface area contributed by atoms with E-state index in [-0.39, 0.29) is 0 Å². The van der Waals surface area contributed by atoms with Crippen LogP contribution in [-0.2, 0) is 12.0 Å². The third-order valence-corrected chi connectivity index (χ3v) is 3.95. The van der Waals surface area contributed by atoms with E-state index in [4.69, 9.17) is 11.6 Å². The first-order chi connectivity index (χ1) is 9.42. The molecule has 0 saturated carbocycles. The van der Waals surface area contributed by atoms with E-state index in [1.165, 1.54) is 0 Å². The lowest BCUT2D eigenvalue weighted by atomic mass is 9.91. The predicted molar refractivity (Wildman–Crippen MR) is 82.0 cm³/mol. The molecule has 1 heterocycles. The minimum absolute atomic E-state index is 0.379. The van der Waals surface area contributed by atoms with Gasteiger partial charge in [0.2, 0.25) is 0 Å². The molecule has 0 spiro atoms. The van der Waals surface area contributed by atoms with Crippen molar-refractivity contribution in [2.45, 2.75) is 45.3 Å². The van der Waals surface area contributed by atoms with Crippen LogP contribution in [0.2, 0.25) is 5.02 Å². The number of halogens is 1. The summed E-state index contributed by atoms with van der Waals surface area (Å²) in [5.41, 5.74) is 0.796. The fourth-order valence-electron chi connectivity index (χ4n) is 2.17. The second kappa shape index (κ2) is 5.98. The summed E-state index contributed by atoms with van der Waals surface area (Å²) in [7, 11) is 0. The Morgan fingerprint density at radius 3 is 2.55 bits per heavy atom. The van der Waals surface area contributed by atoms with E-state index in [1.54, 1.807) is 19.1 Å². The zero-order valence-electron chi connectivity index (χ0n) is 12.2. The quantitative estimate of drug-likeness (QED) is 0.906. The van der Waals surface area contributed by atoms with E-state index in [1.807, 2.05) is 29.1 Å². The molecule has 1 aromatic heterocycles. The fourth-order valence-corrected chi connectivity index (χ4v) is 2.29. The Kier molecular flexibility index (Phi) is 4.51. The van der Waals surface area contributed by atoms with Crippen LogP contribution in [0, 0.1) is 0 Å². The molecule has 20 heavy (non-hydrogen) atoms. The van der Waals surface area contributed by atoms with Gasteiger partial charge in [0.1, 0.15) is 0 Å². The molecular weight excluding hydrogens is 272 g/mol. The summed E-state index contributed by atoms with van der Waals surface area (Å²) in [5.74, 6) is 0. The SMILES string of the molecule is CCC(C)n1ccc(CC(C)(O)c2ccc(Cl)cc2)n1. The average molecular weight is 293 g/mol. The van der Waals surface area contributed by atoms with Crippen molar-refractivity contribution < 1.29 is 5.11 Å². The Morgan fingerprint density at radius 1 is 1.30 bits per heavy atom. The molecule has 4 heteroatoms. The van der Waals surface area contributed by atoms with E-state index < -0.39 is 5.60 Å². The standard InChI is InChI=1S/C16H21ClN2O/c1-4-12(2)19-10-9-15(18-19)11-16(3,20)13-5-7-14(17)8-6-13/h5-10,12,20H,4,11H2,1-3H3. The van der Waals surface area contributed by atoms with Gasteiger partial charge < -0.3 is 5.11 Å². The molecule has 0 fully saturated rings. The van der Waals surface area contributed by atoms with Crippen LogP contribution in [0.5, 0.6) is 0 Å². The summed E-state index contributed by atoms with van der Waals surface area (Å²) in [5, 5.41) is 15.9. The Hall–Kier alpha value is -1.32. The largest absolute Gasteiger partial charge is 0.385 e. The van der Waals surface area contributed by atoms with Crippen molar-refractivity contribution in [1.29, 1.82) is 0 Å². The highest BCUT2D eigenvalue weighted by atomic mass is 35.5.